The SMILES string of the molecule is COC(CNCCOc1ccccc1)OC. The average molecular weight is 225 g/mol. The van der Waals surface area contributed by atoms with Gasteiger partial charge in [0.25, 0.3) is 0 Å². The van der Waals surface area contributed by atoms with Gasteiger partial charge in [-0.2, -0.15) is 0 Å². The molecular weight excluding hydrogens is 206 g/mol. The molecule has 0 aromatic heterocycles. The lowest BCUT2D eigenvalue weighted by molar-refractivity contribution is -0.0988. The lowest BCUT2D eigenvalue weighted by Crippen LogP contribution is -2.32. The molecule has 0 aliphatic heterocycles. The highest BCUT2D eigenvalue weighted by Gasteiger charge is 2.02. The molecule has 1 aromatic carbocycles. The number of ether oxygens (including phenoxy) is 3. The Labute approximate surface area is 96.5 Å². The number of hydrogen-bond donors (Lipinski definition) is 1. The summed E-state index contributed by atoms with van der Waals surface area (Å²) in [7, 11) is 3.24. The first kappa shape index (κ1) is 13.0. The van der Waals surface area contributed by atoms with Crippen LogP contribution in [0.25, 0.3) is 0 Å². The van der Waals surface area contributed by atoms with Crippen LogP contribution in [-0.4, -0.2) is 40.2 Å². The van der Waals surface area contributed by atoms with Gasteiger partial charge in [-0.3, -0.25) is 0 Å². The zero-order valence-electron chi connectivity index (χ0n) is 9.81. The Kier molecular flexibility index (Phi) is 6.56. The van der Waals surface area contributed by atoms with Crippen molar-refractivity contribution in [3.63, 3.8) is 0 Å². The van der Waals surface area contributed by atoms with Crippen LogP contribution in [0.15, 0.2) is 30.3 Å². The summed E-state index contributed by atoms with van der Waals surface area (Å²) in [5, 5.41) is 3.18. The lowest BCUT2D eigenvalue weighted by Gasteiger charge is -2.14. The van der Waals surface area contributed by atoms with E-state index >= 15 is 0 Å². The molecule has 90 valence electrons. The summed E-state index contributed by atoms with van der Waals surface area (Å²) < 4.78 is 15.6. The summed E-state index contributed by atoms with van der Waals surface area (Å²) in [5.74, 6) is 0.888. The zero-order valence-corrected chi connectivity index (χ0v) is 9.81. The van der Waals surface area contributed by atoms with Crippen LogP contribution in [-0.2, 0) is 9.47 Å². The Morgan fingerprint density at radius 2 is 1.81 bits per heavy atom. The van der Waals surface area contributed by atoms with Gasteiger partial charge in [0.15, 0.2) is 6.29 Å². The molecule has 0 atom stereocenters. The lowest BCUT2D eigenvalue weighted by atomic mass is 10.3. The molecule has 0 aliphatic rings. The second kappa shape index (κ2) is 8.10. The van der Waals surface area contributed by atoms with Crippen LogP contribution in [0.4, 0.5) is 0 Å². The molecule has 1 aromatic rings. The summed E-state index contributed by atoms with van der Waals surface area (Å²) in [5.41, 5.74) is 0. The Balaban J connectivity index is 2.04. The molecule has 16 heavy (non-hydrogen) atoms. The van der Waals surface area contributed by atoms with Gasteiger partial charge in [-0.1, -0.05) is 18.2 Å². The van der Waals surface area contributed by atoms with Crippen LogP contribution in [0.5, 0.6) is 5.75 Å². The standard InChI is InChI=1S/C12H19NO3/c1-14-12(15-2)10-13-8-9-16-11-6-4-3-5-7-11/h3-7,12-13H,8-10H2,1-2H3. The van der Waals surface area contributed by atoms with Gasteiger partial charge >= 0.3 is 0 Å². The zero-order chi connectivity index (χ0) is 11.6. The number of para-hydroxylation sites is 1. The van der Waals surface area contributed by atoms with E-state index in [0.29, 0.717) is 13.2 Å². The average Bonchev–Trinajstić information content (AvgIpc) is 2.35. The maximum absolute atomic E-state index is 5.51. The minimum atomic E-state index is -0.197. The van der Waals surface area contributed by atoms with Crippen molar-refractivity contribution in [1.29, 1.82) is 0 Å². The highest BCUT2D eigenvalue weighted by molar-refractivity contribution is 5.20. The fourth-order valence-corrected chi connectivity index (χ4v) is 1.24. The van der Waals surface area contributed by atoms with Crippen molar-refractivity contribution in [3.05, 3.63) is 30.3 Å². The molecule has 0 bridgehead atoms. The Hall–Kier alpha value is -1.10. The van der Waals surface area contributed by atoms with Crippen molar-refractivity contribution < 1.29 is 14.2 Å². The molecule has 0 fully saturated rings. The molecule has 0 unspecified atom stereocenters. The van der Waals surface area contributed by atoms with Gasteiger partial charge in [0, 0.05) is 27.3 Å². The largest absolute Gasteiger partial charge is 0.492 e. The highest BCUT2D eigenvalue weighted by Crippen LogP contribution is 2.07. The van der Waals surface area contributed by atoms with Crippen LogP contribution in [0, 0.1) is 0 Å². The Morgan fingerprint density at radius 3 is 2.44 bits per heavy atom. The Morgan fingerprint density at radius 1 is 1.12 bits per heavy atom. The smallest absolute Gasteiger partial charge is 0.169 e. The van der Waals surface area contributed by atoms with Crippen molar-refractivity contribution in [2.45, 2.75) is 6.29 Å². The number of benzene rings is 1. The van der Waals surface area contributed by atoms with Crippen molar-refractivity contribution >= 4 is 0 Å². The van der Waals surface area contributed by atoms with Gasteiger partial charge in [0.05, 0.1) is 0 Å². The minimum absolute atomic E-state index is 0.197. The van der Waals surface area contributed by atoms with Gasteiger partial charge in [0.2, 0.25) is 0 Å². The predicted octanol–water partition coefficient (Wildman–Crippen LogP) is 1.27. The fourth-order valence-electron chi connectivity index (χ4n) is 1.24. The van der Waals surface area contributed by atoms with Crippen LogP contribution in [0.2, 0.25) is 0 Å². The molecule has 0 amide bonds. The van der Waals surface area contributed by atoms with Crippen LogP contribution < -0.4 is 10.1 Å². The van der Waals surface area contributed by atoms with Gasteiger partial charge in [-0.05, 0) is 12.1 Å². The predicted molar refractivity (Wildman–Crippen MR) is 62.6 cm³/mol. The number of nitrogens with one attached hydrogen (secondary N) is 1. The van der Waals surface area contributed by atoms with E-state index in [0.717, 1.165) is 12.3 Å². The molecule has 1 N–H and O–H groups in total. The molecule has 0 spiro atoms. The van der Waals surface area contributed by atoms with Crippen molar-refractivity contribution in [1.82, 2.24) is 5.32 Å². The number of hydrogen-bond acceptors (Lipinski definition) is 4. The van der Waals surface area contributed by atoms with Gasteiger partial charge in [0.1, 0.15) is 12.4 Å². The summed E-state index contributed by atoms with van der Waals surface area (Å²) in [6.45, 7) is 2.05. The second-order valence-corrected chi connectivity index (χ2v) is 3.27. The third-order valence-corrected chi connectivity index (χ3v) is 2.13. The van der Waals surface area contributed by atoms with E-state index in [1.165, 1.54) is 0 Å². The summed E-state index contributed by atoms with van der Waals surface area (Å²) >= 11 is 0. The molecule has 4 heteroatoms. The topological polar surface area (TPSA) is 39.7 Å². The van der Waals surface area contributed by atoms with Crippen molar-refractivity contribution in [3.8, 4) is 5.75 Å². The summed E-state index contributed by atoms with van der Waals surface area (Å²) in [6.07, 6.45) is -0.197. The van der Waals surface area contributed by atoms with Crippen molar-refractivity contribution in [2.24, 2.45) is 0 Å². The van der Waals surface area contributed by atoms with E-state index in [4.69, 9.17) is 14.2 Å². The molecule has 0 saturated heterocycles. The first-order chi connectivity index (χ1) is 7.86. The third kappa shape index (κ3) is 5.11. The molecular formula is C12H19NO3. The van der Waals surface area contributed by atoms with E-state index in [1.54, 1.807) is 14.2 Å². The maximum Gasteiger partial charge on any atom is 0.169 e. The van der Waals surface area contributed by atoms with Crippen LogP contribution >= 0.6 is 0 Å². The van der Waals surface area contributed by atoms with Crippen LogP contribution in [0.1, 0.15) is 0 Å². The Bertz CT molecular complexity index is 262. The summed E-state index contributed by atoms with van der Waals surface area (Å²) in [4.78, 5) is 0. The normalized spacial score (nSPS) is 10.7. The van der Waals surface area contributed by atoms with Gasteiger partial charge in [-0.25, -0.2) is 0 Å². The van der Waals surface area contributed by atoms with Crippen molar-refractivity contribution in [2.75, 3.05) is 33.9 Å². The third-order valence-electron chi connectivity index (χ3n) is 2.13. The molecule has 4 nitrogen and oxygen atoms in total. The van der Waals surface area contributed by atoms with E-state index in [9.17, 15) is 0 Å². The van der Waals surface area contributed by atoms with E-state index in [1.807, 2.05) is 30.3 Å². The monoisotopic (exact) mass is 225 g/mol. The van der Waals surface area contributed by atoms with E-state index in [2.05, 4.69) is 5.32 Å². The van der Waals surface area contributed by atoms with Gasteiger partial charge in [-0.15, -0.1) is 0 Å². The molecule has 0 radical (unpaired) electrons. The molecule has 0 saturated carbocycles. The van der Waals surface area contributed by atoms with Crippen LogP contribution in [0.3, 0.4) is 0 Å². The van der Waals surface area contributed by atoms with E-state index in [-0.39, 0.29) is 6.29 Å². The first-order valence-corrected chi connectivity index (χ1v) is 5.31. The first-order valence-electron chi connectivity index (χ1n) is 5.31. The number of rotatable bonds is 8. The second-order valence-electron chi connectivity index (χ2n) is 3.27. The molecule has 0 heterocycles. The maximum atomic E-state index is 5.51. The number of methoxy groups -OCH3 is 2. The van der Waals surface area contributed by atoms with Gasteiger partial charge < -0.3 is 19.5 Å². The molecule has 0 aliphatic carbocycles. The molecule has 1 rings (SSSR count). The summed E-state index contributed by atoms with van der Waals surface area (Å²) in [6, 6.07) is 9.75. The quantitative estimate of drug-likeness (QED) is 0.534. The van der Waals surface area contributed by atoms with E-state index < -0.39 is 0 Å². The fraction of sp³-hybridized carbons (Fsp3) is 0.500. The minimum Gasteiger partial charge on any atom is -0.492 e. The highest BCUT2D eigenvalue weighted by atomic mass is 16.7.